The molecule has 2 aromatic carbocycles. The molecule has 5 heteroatoms. The molecule has 0 spiro atoms. The van der Waals surface area contributed by atoms with Crippen LogP contribution >= 0.6 is 23.2 Å². The van der Waals surface area contributed by atoms with Crippen molar-refractivity contribution >= 4 is 28.9 Å². The van der Waals surface area contributed by atoms with Crippen LogP contribution in [0.5, 0.6) is 0 Å². The van der Waals surface area contributed by atoms with Crippen molar-refractivity contribution in [1.82, 2.24) is 4.90 Å². The largest absolute Gasteiger partial charge is 0.379 e. The predicted molar refractivity (Wildman–Crippen MR) is 124 cm³/mol. The van der Waals surface area contributed by atoms with Gasteiger partial charge in [0, 0.05) is 35.4 Å². The Morgan fingerprint density at radius 3 is 2.24 bits per heavy atom. The summed E-state index contributed by atoms with van der Waals surface area (Å²) in [6, 6.07) is 16.7. The quantitative estimate of drug-likeness (QED) is 0.446. The summed E-state index contributed by atoms with van der Waals surface area (Å²) in [4.78, 5) is 4.96. The van der Waals surface area contributed by atoms with Crippen molar-refractivity contribution in [2.75, 3.05) is 37.7 Å². The molecule has 29 heavy (non-hydrogen) atoms. The van der Waals surface area contributed by atoms with Crippen LogP contribution in [-0.2, 0) is 11.3 Å². The molecule has 158 valence electrons. The highest BCUT2D eigenvalue weighted by Crippen LogP contribution is 2.28. The van der Waals surface area contributed by atoms with Gasteiger partial charge in [-0.25, -0.2) is 0 Å². The van der Waals surface area contributed by atoms with Crippen molar-refractivity contribution < 1.29 is 4.74 Å². The zero-order valence-electron chi connectivity index (χ0n) is 17.5. The van der Waals surface area contributed by atoms with Crippen LogP contribution < -0.4 is 4.90 Å². The monoisotopic (exact) mass is 434 g/mol. The van der Waals surface area contributed by atoms with Crippen LogP contribution in [0.4, 0.5) is 5.69 Å². The lowest BCUT2D eigenvalue weighted by Gasteiger charge is -2.34. The van der Waals surface area contributed by atoms with E-state index in [1.807, 2.05) is 12.1 Å². The fourth-order valence-corrected chi connectivity index (χ4v) is 4.38. The molecule has 1 heterocycles. The first-order valence-corrected chi connectivity index (χ1v) is 11.3. The van der Waals surface area contributed by atoms with E-state index in [1.165, 1.54) is 18.4 Å². The second kappa shape index (κ2) is 11.2. The van der Waals surface area contributed by atoms with Gasteiger partial charge in [0.2, 0.25) is 0 Å². The zero-order chi connectivity index (χ0) is 20.6. The van der Waals surface area contributed by atoms with Crippen molar-refractivity contribution in [3.63, 3.8) is 0 Å². The number of hydrogen-bond donors (Lipinski definition) is 0. The highest BCUT2D eigenvalue weighted by atomic mass is 35.5. The Morgan fingerprint density at radius 2 is 1.62 bits per heavy atom. The molecule has 0 radical (unpaired) electrons. The average Bonchev–Trinajstić information content (AvgIpc) is 3.21. The maximum absolute atomic E-state index is 6.33. The molecule has 3 rings (SSSR count). The Bertz CT molecular complexity index is 728. The summed E-state index contributed by atoms with van der Waals surface area (Å²) in [6.07, 6.45) is 2.53. The molecule has 0 saturated carbocycles. The van der Waals surface area contributed by atoms with E-state index < -0.39 is 0 Å². The van der Waals surface area contributed by atoms with E-state index in [9.17, 15) is 0 Å². The van der Waals surface area contributed by atoms with Crippen LogP contribution in [0.1, 0.15) is 32.3 Å². The Morgan fingerprint density at radius 1 is 0.966 bits per heavy atom. The molecular formula is C24H32Cl2N2O. The second-order valence-electron chi connectivity index (χ2n) is 8.32. The van der Waals surface area contributed by atoms with Crippen LogP contribution in [0.15, 0.2) is 48.5 Å². The predicted octanol–water partition coefficient (Wildman–Crippen LogP) is 6.14. The van der Waals surface area contributed by atoms with Crippen molar-refractivity contribution in [2.45, 2.75) is 39.3 Å². The first-order chi connectivity index (χ1) is 14.0. The summed E-state index contributed by atoms with van der Waals surface area (Å²) in [6.45, 7) is 9.91. The van der Waals surface area contributed by atoms with Gasteiger partial charge in [0.15, 0.2) is 0 Å². The topological polar surface area (TPSA) is 15.7 Å². The minimum Gasteiger partial charge on any atom is -0.379 e. The van der Waals surface area contributed by atoms with Crippen LogP contribution in [0.3, 0.4) is 0 Å². The summed E-state index contributed by atoms with van der Waals surface area (Å²) >= 11 is 12.7. The number of halogens is 2. The third kappa shape index (κ3) is 7.18. The Hall–Kier alpha value is -1.26. The van der Waals surface area contributed by atoms with Gasteiger partial charge in [0.1, 0.15) is 0 Å². The lowest BCUT2D eigenvalue weighted by atomic mass is 10.1. The minimum atomic E-state index is 0.345. The normalized spacial score (nSPS) is 15.8. The Balaban J connectivity index is 1.81. The van der Waals surface area contributed by atoms with Gasteiger partial charge in [-0.15, -0.1) is 0 Å². The summed E-state index contributed by atoms with van der Waals surface area (Å²) in [5.41, 5.74) is 2.33. The second-order valence-corrected chi connectivity index (χ2v) is 9.19. The molecule has 0 amide bonds. The summed E-state index contributed by atoms with van der Waals surface area (Å²) < 4.78 is 6.08. The molecule has 0 bridgehead atoms. The maximum Gasteiger partial charge on any atom is 0.0639 e. The van der Waals surface area contributed by atoms with E-state index in [0.29, 0.717) is 22.0 Å². The first kappa shape index (κ1) is 22.4. The minimum absolute atomic E-state index is 0.345. The first-order valence-electron chi connectivity index (χ1n) is 10.6. The number of nitrogens with zero attached hydrogens (tertiary/aromatic N) is 2. The van der Waals surface area contributed by atoms with Crippen molar-refractivity contribution in [1.29, 1.82) is 0 Å². The summed E-state index contributed by atoms with van der Waals surface area (Å²) in [5.74, 6) is 0.543. The van der Waals surface area contributed by atoms with E-state index >= 15 is 0 Å². The zero-order valence-corrected chi connectivity index (χ0v) is 19.0. The van der Waals surface area contributed by atoms with Gasteiger partial charge >= 0.3 is 0 Å². The summed E-state index contributed by atoms with van der Waals surface area (Å²) in [5, 5.41) is 1.33. The van der Waals surface area contributed by atoms with E-state index in [4.69, 9.17) is 27.9 Å². The molecule has 1 unspecified atom stereocenters. The number of ether oxygens (including phenoxy) is 1. The van der Waals surface area contributed by atoms with Gasteiger partial charge in [-0.2, -0.15) is 0 Å². The van der Waals surface area contributed by atoms with Crippen molar-refractivity contribution in [3.05, 3.63) is 64.1 Å². The number of rotatable bonds is 10. The van der Waals surface area contributed by atoms with Gasteiger partial charge < -0.3 is 9.64 Å². The Kier molecular flexibility index (Phi) is 8.68. The van der Waals surface area contributed by atoms with Crippen LogP contribution in [0.2, 0.25) is 10.0 Å². The highest BCUT2D eigenvalue weighted by molar-refractivity contribution is 6.35. The Labute approximate surface area is 185 Å². The SMILES string of the molecule is CC(C)COCC(CN(Cc1ccccc1)c1cc(Cl)cc(Cl)c1)N1CCCC1. The molecule has 1 aliphatic rings. The molecule has 1 aliphatic heterocycles. The molecule has 1 fully saturated rings. The lowest BCUT2D eigenvalue weighted by molar-refractivity contribution is 0.0567. The highest BCUT2D eigenvalue weighted by Gasteiger charge is 2.25. The van der Waals surface area contributed by atoms with Crippen LogP contribution in [0, 0.1) is 5.92 Å². The average molecular weight is 435 g/mol. The lowest BCUT2D eigenvalue weighted by Crippen LogP contribution is -2.45. The molecular weight excluding hydrogens is 403 g/mol. The van der Waals surface area contributed by atoms with E-state index in [0.717, 1.165) is 45.1 Å². The van der Waals surface area contributed by atoms with Gasteiger partial charge in [-0.1, -0.05) is 67.4 Å². The van der Waals surface area contributed by atoms with E-state index in [-0.39, 0.29) is 0 Å². The molecule has 1 saturated heterocycles. The molecule has 0 N–H and O–H groups in total. The van der Waals surface area contributed by atoms with Crippen molar-refractivity contribution in [3.8, 4) is 0 Å². The van der Waals surface area contributed by atoms with Gasteiger partial charge in [0.05, 0.1) is 12.6 Å². The maximum atomic E-state index is 6.33. The molecule has 0 aliphatic carbocycles. The molecule has 2 aromatic rings. The molecule has 0 aromatic heterocycles. The van der Waals surface area contributed by atoms with E-state index in [1.54, 1.807) is 6.07 Å². The van der Waals surface area contributed by atoms with Gasteiger partial charge in [-0.3, -0.25) is 4.90 Å². The standard InChI is InChI=1S/C24H32Cl2N2O/c1-19(2)17-29-18-24(27-10-6-7-11-27)16-28(15-20-8-4-3-5-9-20)23-13-21(25)12-22(26)14-23/h3-5,8-9,12-14,19,24H,6-7,10-11,15-18H2,1-2H3. The van der Waals surface area contributed by atoms with Crippen molar-refractivity contribution in [2.24, 2.45) is 5.92 Å². The third-order valence-corrected chi connectivity index (χ3v) is 5.71. The molecule has 3 nitrogen and oxygen atoms in total. The van der Waals surface area contributed by atoms with Gasteiger partial charge in [-0.05, 0) is 55.6 Å². The fraction of sp³-hybridized carbons (Fsp3) is 0.500. The van der Waals surface area contributed by atoms with Crippen LogP contribution in [0.25, 0.3) is 0 Å². The smallest absolute Gasteiger partial charge is 0.0639 e. The van der Waals surface area contributed by atoms with E-state index in [2.05, 4.69) is 54.0 Å². The summed E-state index contributed by atoms with van der Waals surface area (Å²) in [7, 11) is 0. The van der Waals surface area contributed by atoms with Crippen LogP contribution in [-0.4, -0.2) is 43.8 Å². The number of benzene rings is 2. The molecule has 1 atom stereocenters. The number of hydrogen-bond acceptors (Lipinski definition) is 3. The number of anilines is 1. The fourth-order valence-electron chi connectivity index (χ4n) is 3.86. The number of likely N-dealkylation sites (tertiary alicyclic amines) is 1. The third-order valence-electron chi connectivity index (χ3n) is 5.28. The van der Waals surface area contributed by atoms with Gasteiger partial charge in [0.25, 0.3) is 0 Å².